The van der Waals surface area contributed by atoms with E-state index in [9.17, 15) is 13.2 Å². The molecule has 0 saturated carbocycles. The van der Waals surface area contributed by atoms with Gasteiger partial charge in [0.1, 0.15) is 12.3 Å². The number of anilines is 1. The number of aryl methyl sites for hydroxylation is 2. The van der Waals surface area contributed by atoms with Crippen LogP contribution in [0, 0.1) is 13.8 Å². The molecule has 3 aromatic rings. The number of hydrazone groups is 1. The van der Waals surface area contributed by atoms with E-state index >= 15 is 0 Å². The second kappa shape index (κ2) is 10.5. The minimum atomic E-state index is -4.05. The first-order valence-corrected chi connectivity index (χ1v) is 11.8. The van der Waals surface area contributed by atoms with Crippen LogP contribution in [0.5, 0.6) is 5.75 Å². The fourth-order valence-electron chi connectivity index (χ4n) is 3.05. The lowest BCUT2D eigenvalue weighted by atomic mass is 10.2. The fourth-order valence-corrected chi connectivity index (χ4v) is 4.70. The Balaban J connectivity index is 1.88. The molecule has 1 amide bonds. The number of methoxy groups -OCH3 is 1. The van der Waals surface area contributed by atoms with Gasteiger partial charge < -0.3 is 4.74 Å². The normalized spacial score (nSPS) is 11.4. The summed E-state index contributed by atoms with van der Waals surface area (Å²) in [6.07, 6.45) is 1.45. The van der Waals surface area contributed by atoms with E-state index in [-0.39, 0.29) is 4.90 Å². The maximum atomic E-state index is 13.5. The lowest BCUT2D eigenvalue weighted by Crippen LogP contribution is -2.40. The van der Waals surface area contributed by atoms with Crippen LogP contribution in [-0.2, 0) is 14.8 Å². The highest BCUT2D eigenvalue weighted by molar-refractivity contribution is 7.92. The standard InChI is InChI=1S/C24H24ClN3O4S/c1-17-7-11-22(12-8-17)33(30,31)28(23-14-20(25)10-9-18(23)2)16-24(29)27-26-15-19-5-4-6-21(13-19)32-3/h4-15H,16H2,1-3H3,(H,27,29)/b26-15-. The van der Waals surface area contributed by atoms with Gasteiger partial charge in [0.15, 0.2) is 0 Å². The number of nitrogens with one attached hydrogen (secondary N) is 1. The van der Waals surface area contributed by atoms with Crippen molar-refractivity contribution in [3.8, 4) is 5.75 Å². The summed E-state index contributed by atoms with van der Waals surface area (Å²) >= 11 is 6.13. The summed E-state index contributed by atoms with van der Waals surface area (Å²) in [4.78, 5) is 12.7. The van der Waals surface area contributed by atoms with Crippen LogP contribution >= 0.6 is 11.6 Å². The number of benzene rings is 3. The van der Waals surface area contributed by atoms with Gasteiger partial charge in [0, 0.05) is 5.02 Å². The van der Waals surface area contributed by atoms with E-state index in [0.717, 1.165) is 9.87 Å². The molecule has 0 bridgehead atoms. The molecule has 9 heteroatoms. The zero-order chi connectivity index (χ0) is 24.0. The first-order valence-electron chi connectivity index (χ1n) is 10.0. The summed E-state index contributed by atoms with van der Waals surface area (Å²) in [5.74, 6) is 0.0429. The molecule has 0 radical (unpaired) electrons. The average molecular weight is 486 g/mol. The minimum Gasteiger partial charge on any atom is -0.497 e. The molecule has 0 saturated heterocycles. The number of amides is 1. The van der Waals surface area contributed by atoms with Crippen molar-refractivity contribution in [3.05, 3.63) is 88.4 Å². The van der Waals surface area contributed by atoms with Gasteiger partial charge in [-0.25, -0.2) is 13.8 Å². The first-order chi connectivity index (χ1) is 15.7. The van der Waals surface area contributed by atoms with E-state index in [1.807, 2.05) is 6.92 Å². The van der Waals surface area contributed by atoms with Crippen molar-refractivity contribution in [2.75, 3.05) is 18.0 Å². The Hall–Kier alpha value is -3.36. The number of nitrogens with zero attached hydrogens (tertiary/aromatic N) is 2. The third-order valence-electron chi connectivity index (χ3n) is 4.83. The van der Waals surface area contributed by atoms with Crippen molar-refractivity contribution in [1.29, 1.82) is 0 Å². The van der Waals surface area contributed by atoms with Crippen LogP contribution in [0.1, 0.15) is 16.7 Å². The SMILES string of the molecule is COc1cccc(/C=N\NC(=O)CN(c2cc(Cl)ccc2C)S(=O)(=O)c2ccc(C)cc2)c1. The number of hydrogen-bond acceptors (Lipinski definition) is 5. The maximum Gasteiger partial charge on any atom is 0.264 e. The van der Waals surface area contributed by atoms with Gasteiger partial charge in [0.25, 0.3) is 15.9 Å². The topological polar surface area (TPSA) is 88.1 Å². The zero-order valence-corrected chi connectivity index (χ0v) is 20.0. The van der Waals surface area contributed by atoms with Crippen molar-refractivity contribution >= 4 is 39.4 Å². The molecular formula is C24H24ClN3O4S. The smallest absolute Gasteiger partial charge is 0.264 e. The van der Waals surface area contributed by atoms with Crippen LogP contribution in [-0.4, -0.2) is 34.2 Å². The predicted octanol–water partition coefficient (Wildman–Crippen LogP) is 4.31. The number of carbonyl (C=O) groups is 1. The van der Waals surface area contributed by atoms with Crippen LogP contribution in [0.15, 0.2) is 76.7 Å². The molecule has 0 heterocycles. The Morgan fingerprint density at radius 2 is 1.82 bits per heavy atom. The van der Waals surface area contributed by atoms with Gasteiger partial charge in [-0.2, -0.15) is 5.10 Å². The lowest BCUT2D eigenvalue weighted by molar-refractivity contribution is -0.119. The molecule has 0 atom stereocenters. The molecule has 0 spiro atoms. The van der Waals surface area contributed by atoms with Crippen molar-refractivity contribution < 1.29 is 17.9 Å². The second-order valence-corrected chi connectivity index (χ2v) is 9.62. The molecule has 0 aliphatic heterocycles. The molecular weight excluding hydrogens is 462 g/mol. The molecule has 0 fully saturated rings. The van der Waals surface area contributed by atoms with E-state index in [2.05, 4.69) is 10.5 Å². The molecule has 172 valence electrons. The van der Waals surface area contributed by atoms with E-state index < -0.39 is 22.5 Å². The third-order valence-corrected chi connectivity index (χ3v) is 6.84. The summed E-state index contributed by atoms with van der Waals surface area (Å²) in [6, 6.07) is 18.4. The number of carbonyl (C=O) groups excluding carboxylic acids is 1. The van der Waals surface area contributed by atoms with E-state index in [0.29, 0.717) is 27.6 Å². The summed E-state index contributed by atoms with van der Waals surface area (Å²) < 4.78 is 33.1. The summed E-state index contributed by atoms with van der Waals surface area (Å²) in [5.41, 5.74) is 4.99. The lowest BCUT2D eigenvalue weighted by Gasteiger charge is -2.25. The highest BCUT2D eigenvalue weighted by Crippen LogP contribution is 2.29. The van der Waals surface area contributed by atoms with Crippen molar-refractivity contribution in [2.45, 2.75) is 18.7 Å². The first kappa shape index (κ1) is 24.3. The number of hydrogen-bond donors (Lipinski definition) is 1. The van der Waals surface area contributed by atoms with Gasteiger partial charge in [-0.15, -0.1) is 0 Å². The van der Waals surface area contributed by atoms with Crippen LogP contribution in [0.2, 0.25) is 5.02 Å². The van der Waals surface area contributed by atoms with Crippen molar-refractivity contribution in [1.82, 2.24) is 5.43 Å². The van der Waals surface area contributed by atoms with Gasteiger partial charge in [0.05, 0.1) is 23.9 Å². The van der Waals surface area contributed by atoms with Crippen LogP contribution in [0.25, 0.3) is 0 Å². The highest BCUT2D eigenvalue weighted by atomic mass is 35.5. The molecule has 33 heavy (non-hydrogen) atoms. The second-order valence-electron chi connectivity index (χ2n) is 7.33. The van der Waals surface area contributed by atoms with Gasteiger partial charge in [-0.3, -0.25) is 9.10 Å². The van der Waals surface area contributed by atoms with Crippen LogP contribution in [0.3, 0.4) is 0 Å². The zero-order valence-electron chi connectivity index (χ0n) is 18.4. The van der Waals surface area contributed by atoms with Gasteiger partial charge >= 0.3 is 0 Å². The van der Waals surface area contributed by atoms with Gasteiger partial charge in [0.2, 0.25) is 0 Å². The van der Waals surface area contributed by atoms with E-state index in [1.54, 1.807) is 62.6 Å². The number of sulfonamides is 1. The van der Waals surface area contributed by atoms with Gasteiger partial charge in [-0.1, -0.05) is 47.5 Å². The Morgan fingerprint density at radius 3 is 2.52 bits per heavy atom. The Labute approximate surface area is 198 Å². The molecule has 0 unspecified atom stereocenters. The molecule has 1 N–H and O–H groups in total. The monoisotopic (exact) mass is 485 g/mol. The molecule has 3 aromatic carbocycles. The largest absolute Gasteiger partial charge is 0.497 e. The molecule has 0 aromatic heterocycles. The third kappa shape index (κ3) is 6.12. The summed E-state index contributed by atoms with van der Waals surface area (Å²) in [7, 11) is -2.49. The van der Waals surface area contributed by atoms with E-state index in [1.165, 1.54) is 24.4 Å². The molecule has 0 aliphatic carbocycles. The highest BCUT2D eigenvalue weighted by Gasteiger charge is 2.28. The van der Waals surface area contributed by atoms with Crippen LogP contribution in [0.4, 0.5) is 5.69 Å². The minimum absolute atomic E-state index is 0.0696. The van der Waals surface area contributed by atoms with E-state index in [4.69, 9.17) is 16.3 Å². The number of halogens is 1. The van der Waals surface area contributed by atoms with Gasteiger partial charge in [-0.05, 0) is 61.4 Å². The maximum absolute atomic E-state index is 13.5. The Kier molecular flexibility index (Phi) is 7.73. The predicted molar refractivity (Wildman–Crippen MR) is 131 cm³/mol. The summed E-state index contributed by atoms with van der Waals surface area (Å²) in [5, 5.41) is 4.30. The van der Waals surface area contributed by atoms with Crippen LogP contribution < -0.4 is 14.5 Å². The molecule has 0 aliphatic rings. The van der Waals surface area contributed by atoms with Crippen molar-refractivity contribution in [2.24, 2.45) is 5.10 Å². The average Bonchev–Trinajstić information content (AvgIpc) is 2.79. The summed E-state index contributed by atoms with van der Waals surface area (Å²) in [6.45, 7) is 3.14. The van der Waals surface area contributed by atoms with Crippen molar-refractivity contribution in [3.63, 3.8) is 0 Å². The number of rotatable bonds is 8. The Morgan fingerprint density at radius 1 is 1.09 bits per heavy atom. The Bertz CT molecular complexity index is 1280. The molecule has 3 rings (SSSR count). The quantitative estimate of drug-likeness (QED) is 0.380. The number of ether oxygens (including phenoxy) is 1. The molecule has 7 nitrogen and oxygen atoms in total. The fraction of sp³-hybridized carbons (Fsp3) is 0.167.